The summed E-state index contributed by atoms with van der Waals surface area (Å²) in [5.74, 6) is 1.04. The molecule has 0 spiro atoms. The molecule has 1 saturated carbocycles. The summed E-state index contributed by atoms with van der Waals surface area (Å²) in [5, 5.41) is 7.31. The van der Waals surface area contributed by atoms with E-state index in [9.17, 15) is 0 Å². The van der Waals surface area contributed by atoms with Gasteiger partial charge in [0.1, 0.15) is 0 Å². The third-order valence-electron chi connectivity index (χ3n) is 2.59. The smallest absolute Gasteiger partial charge is 0.166 e. The first-order valence-electron chi connectivity index (χ1n) is 5.98. The van der Waals surface area contributed by atoms with Crippen LogP contribution < -0.4 is 10.6 Å². The molecule has 0 heterocycles. The van der Waals surface area contributed by atoms with Gasteiger partial charge >= 0.3 is 0 Å². The largest absolute Gasteiger partial charge is 0.362 e. The maximum atomic E-state index is 5.19. The standard InChI is InChI=1S/C13H18N2S2/c1-10-2-6-12(7-3-10)17-9-8-14-13(16)15-11-4-5-11/h2-3,6-7,11H,4-5,8-9H2,1H3,(H2,14,15,16). The summed E-state index contributed by atoms with van der Waals surface area (Å²) >= 11 is 7.04. The van der Waals surface area contributed by atoms with Crippen LogP contribution >= 0.6 is 24.0 Å². The van der Waals surface area contributed by atoms with E-state index < -0.39 is 0 Å². The van der Waals surface area contributed by atoms with Crippen LogP contribution in [0.5, 0.6) is 0 Å². The van der Waals surface area contributed by atoms with Crippen LogP contribution in [0.25, 0.3) is 0 Å². The normalized spacial score (nSPS) is 14.4. The van der Waals surface area contributed by atoms with E-state index >= 15 is 0 Å². The van der Waals surface area contributed by atoms with Gasteiger partial charge in [-0.3, -0.25) is 0 Å². The van der Waals surface area contributed by atoms with Crippen molar-refractivity contribution in [1.82, 2.24) is 10.6 Å². The van der Waals surface area contributed by atoms with Crippen LogP contribution in [0.3, 0.4) is 0 Å². The topological polar surface area (TPSA) is 24.1 Å². The Labute approximate surface area is 113 Å². The van der Waals surface area contributed by atoms with Crippen LogP contribution in [0.1, 0.15) is 18.4 Å². The lowest BCUT2D eigenvalue weighted by Gasteiger charge is -2.09. The Balaban J connectivity index is 1.59. The first-order valence-corrected chi connectivity index (χ1v) is 7.37. The second kappa shape index (κ2) is 6.26. The van der Waals surface area contributed by atoms with Crippen molar-refractivity contribution >= 4 is 29.1 Å². The van der Waals surface area contributed by atoms with Gasteiger partial charge in [-0.1, -0.05) is 17.7 Å². The van der Waals surface area contributed by atoms with E-state index in [1.54, 1.807) is 0 Å². The number of thiocarbonyl (C=S) groups is 1. The quantitative estimate of drug-likeness (QED) is 0.486. The summed E-state index contributed by atoms with van der Waals surface area (Å²) in [4.78, 5) is 1.32. The van der Waals surface area contributed by atoms with Crippen molar-refractivity contribution < 1.29 is 0 Å². The van der Waals surface area contributed by atoms with Gasteiger partial charge in [-0.2, -0.15) is 0 Å². The predicted molar refractivity (Wildman–Crippen MR) is 78.7 cm³/mol. The average Bonchev–Trinajstić information content (AvgIpc) is 3.11. The van der Waals surface area contributed by atoms with Gasteiger partial charge in [0, 0.05) is 23.2 Å². The van der Waals surface area contributed by atoms with Crippen molar-refractivity contribution in [1.29, 1.82) is 0 Å². The van der Waals surface area contributed by atoms with Crippen LogP contribution in [0.2, 0.25) is 0 Å². The van der Waals surface area contributed by atoms with Crippen molar-refractivity contribution in [3.8, 4) is 0 Å². The fraction of sp³-hybridized carbons (Fsp3) is 0.462. The van der Waals surface area contributed by atoms with Gasteiger partial charge in [0.15, 0.2) is 5.11 Å². The Hall–Kier alpha value is -0.740. The summed E-state index contributed by atoms with van der Waals surface area (Å²) in [6, 6.07) is 9.27. The van der Waals surface area contributed by atoms with E-state index in [0.29, 0.717) is 6.04 Å². The molecule has 92 valence electrons. The SMILES string of the molecule is Cc1ccc(SCCNC(=S)NC2CC2)cc1. The molecule has 4 heteroatoms. The monoisotopic (exact) mass is 266 g/mol. The van der Waals surface area contributed by atoms with E-state index in [2.05, 4.69) is 41.8 Å². The van der Waals surface area contributed by atoms with Crippen LogP contribution in [0.4, 0.5) is 0 Å². The molecular weight excluding hydrogens is 248 g/mol. The first kappa shape index (κ1) is 12.7. The van der Waals surface area contributed by atoms with Crippen molar-refractivity contribution in [2.75, 3.05) is 12.3 Å². The Morgan fingerprint density at radius 3 is 2.71 bits per heavy atom. The van der Waals surface area contributed by atoms with Crippen molar-refractivity contribution in [3.63, 3.8) is 0 Å². The number of nitrogens with one attached hydrogen (secondary N) is 2. The molecule has 1 aromatic rings. The molecule has 1 aromatic carbocycles. The number of benzene rings is 1. The minimum Gasteiger partial charge on any atom is -0.362 e. The molecule has 0 aromatic heterocycles. The van der Waals surface area contributed by atoms with E-state index in [4.69, 9.17) is 12.2 Å². The lowest BCUT2D eigenvalue weighted by Crippen LogP contribution is -2.37. The van der Waals surface area contributed by atoms with Gasteiger partial charge in [0.2, 0.25) is 0 Å². The van der Waals surface area contributed by atoms with E-state index in [1.807, 2.05) is 11.8 Å². The minimum atomic E-state index is 0.639. The Kier molecular flexibility index (Phi) is 4.68. The molecule has 1 fully saturated rings. The lowest BCUT2D eigenvalue weighted by atomic mass is 10.2. The molecule has 17 heavy (non-hydrogen) atoms. The highest BCUT2D eigenvalue weighted by atomic mass is 32.2. The molecule has 0 radical (unpaired) electrons. The van der Waals surface area contributed by atoms with Crippen LogP contribution in [0.15, 0.2) is 29.2 Å². The van der Waals surface area contributed by atoms with E-state index in [1.165, 1.54) is 23.3 Å². The second-order valence-electron chi connectivity index (χ2n) is 4.34. The van der Waals surface area contributed by atoms with E-state index in [-0.39, 0.29) is 0 Å². The summed E-state index contributed by atoms with van der Waals surface area (Å²) in [5.41, 5.74) is 1.31. The fourth-order valence-electron chi connectivity index (χ4n) is 1.43. The number of rotatable bonds is 5. The van der Waals surface area contributed by atoms with Gasteiger partial charge in [0.25, 0.3) is 0 Å². The van der Waals surface area contributed by atoms with Gasteiger partial charge in [0.05, 0.1) is 0 Å². The predicted octanol–water partition coefficient (Wildman–Crippen LogP) is 2.71. The summed E-state index contributed by atoms with van der Waals surface area (Å²) in [7, 11) is 0. The van der Waals surface area contributed by atoms with Crippen LogP contribution in [0, 0.1) is 6.92 Å². The number of aryl methyl sites for hydroxylation is 1. The minimum absolute atomic E-state index is 0.639. The highest BCUT2D eigenvalue weighted by Crippen LogP contribution is 2.18. The molecule has 0 saturated heterocycles. The second-order valence-corrected chi connectivity index (χ2v) is 5.91. The maximum Gasteiger partial charge on any atom is 0.166 e. The zero-order chi connectivity index (χ0) is 12.1. The molecule has 1 aliphatic rings. The average molecular weight is 266 g/mol. The summed E-state index contributed by atoms with van der Waals surface area (Å²) in [6.45, 7) is 3.02. The lowest BCUT2D eigenvalue weighted by molar-refractivity contribution is 0.853. The summed E-state index contributed by atoms with van der Waals surface area (Å²) < 4.78 is 0. The Bertz CT molecular complexity index is 372. The van der Waals surface area contributed by atoms with Crippen LogP contribution in [-0.4, -0.2) is 23.5 Å². The zero-order valence-corrected chi connectivity index (χ0v) is 11.7. The van der Waals surface area contributed by atoms with Gasteiger partial charge < -0.3 is 10.6 Å². The Morgan fingerprint density at radius 2 is 2.06 bits per heavy atom. The molecule has 0 atom stereocenters. The molecule has 0 unspecified atom stereocenters. The third kappa shape index (κ3) is 4.96. The molecule has 1 aliphatic carbocycles. The molecule has 0 bridgehead atoms. The highest BCUT2D eigenvalue weighted by molar-refractivity contribution is 7.99. The molecule has 2 nitrogen and oxygen atoms in total. The molecule has 2 N–H and O–H groups in total. The van der Waals surface area contributed by atoms with Crippen molar-refractivity contribution in [2.45, 2.75) is 30.7 Å². The first-order chi connectivity index (χ1) is 8.24. The molecule has 2 rings (SSSR count). The Morgan fingerprint density at radius 1 is 1.35 bits per heavy atom. The number of hydrogen-bond acceptors (Lipinski definition) is 2. The fourth-order valence-corrected chi connectivity index (χ4v) is 2.47. The van der Waals surface area contributed by atoms with Gasteiger partial charge in [-0.15, -0.1) is 11.8 Å². The molecule has 0 amide bonds. The maximum absolute atomic E-state index is 5.19. The molecular formula is C13H18N2S2. The van der Waals surface area contributed by atoms with Crippen LogP contribution in [-0.2, 0) is 0 Å². The highest BCUT2D eigenvalue weighted by Gasteiger charge is 2.21. The van der Waals surface area contributed by atoms with Crippen molar-refractivity contribution in [2.24, 2.45) is 0 Å². The molecule has 0 aliphatic heterocycles. The van der Waals surface area contributed by atoms with E-state index in [0.717, 1.165) is 17.4 Å². The number of thioether (sulfide) groups is 1. The zero-order valence-electron chi connectivity index (χ0n) is 10.0. The van der Waals surface area contributed by atoms with Crippen molar-refractivity contribution in [3.05, 3.63) is 29.8 Å². The van der Waals surface area contributed by atoms with Gasteiger partial charge in [-0.05, 0) is 44.1 Å². The van der Waals surface area contributed by atoms with Gasteiger partial charge in [-0.25, -0.2) is 0 Å². The number of hydrogen-bond donors (Lipinski definition) is 2. The third-order valence-corrected chi connectivity index (χ3v) is 3.87. The summed E-state index contributed by atoms with van der Waals surface area (Å²) in [6.07, 6.45) is 2.53.